The quantitative estimate of drug-likeness (QED) is 0.622. The van der Waals surface area contributed by atoms with Crippen molar-refractivity contribution in [2.45, 2.75) is 52.5 Å². The normalized spacial score (nSPS) is 12.6. The summed E-state index contributed by atoms with van der Waals surface area (Å²) in [6.07, 6.45) is 3.65. The minimum absolute atomic E-state index is 0.00872. The molecule has 0 radical (unpaired) electrons. The maximum atomic E-state index is 11.8. The Hall–Kier alpha value is -1.10. The first kappa shape index (κ1) is 18.9. The summed E-state index contributed by atoms with van der Waals surface area (Å²) in [4.78, 5) is 24.6. The number of likely N-dealkylation sites (N-methyl/N-ethyl adjacent to an activating group) is 1. The second-order valence-corrected chi connectivity index (χ2v) is 5.86. The second kappa shape index (κ2) is 10.7. The number of hydrogen-bond donors (Lipinski definition) is 1. The van der Waals surface area contributed by atoms with E-state index in [0.717, 1.165) is 12.8 Å². The molecule has 20 heavy (non-hydrogen) atoms. The molecule has 118 valence electrons. The summed E-state index contributed by atoms with van der Waals surface area (Å²) in [5, 5.41) is 2.99. The Labute approximate surface area is 123 Å². The number of hydrogen-bond acceptors (Lipinski definition) is 4. The third kappa shape index (κ3) is 10.8. The van der Waals surface area contributed by atoms with E-state index in [9.17, 15) is 9.59 Å². The molecule has 0 saturated heterocycles. The zero-order valence-electron chi connectivity index (χ0n) is 13.6. The monoisotopic (exact) mass is 286 g/mol. The average molecular weight is 286 g/mol. The van der Waals surface area contributed by atoms with E-state index < -0.39 is 0 Å². The fraction of sp³-hybridized carbons (Fsp3) is 0.867. The number of nitrogens with one attached hydrogen (secondary N) is 1. The SMILES string of the molecule is COC(=O)CCN(C)CC(=O)NC(C)CCCC(C)C. The molecule has 5 heteroatoms. The van der Waals surface area contributed by atoms with Crippen LogP contribution < -0.4 is 5.32 Å². The van der Waals surface area contributed by atoms with Gasteiger partial charge >= 0.3 is 5.97 Å². The van der Waals surface area contributed by atoms with Gasteiger partial charge in [-0.05, 0) is 26.3 Å². The van der Waals surface area contributed by atoms with Crippen molar-refractivity contribution in [3.63, 3.8) is 0 Å². The smallest absolute Gasteiger partial charge is 0.306 e. The molecule has 0 aliphatic heterocycles. The summed E-state index contributed by atoms with van der Waals surface area (Å²) in [5.74, 6) is 0.469. The molecule has 0 aromatic heterocycles. The van der Waals surface area contributed by atoms with E-state index in [-0.39, 0.29) is 17.9 Å². The van der Waals surface area contributed by atoms with Crippen LogP contribution in [0, 0.1) is 5.92 Å². The number of rotatable bonds is 10. The highest BCUT2D eigenvalue weighted by molar-refractivity contribution is 5.78. The molecule has 0 saturated carbocycles. The molecule has 0 aromatic rings. The van der Waals surface area contributed by atoms with Crippen molar-refractivity contribution >= 4 is 11.9 Å². The molecule has 0 aromatic carbocycles. The second-order valence-electron chi connectivity index (χ2n) is 5.86. The van der Waals surface area contributed by atoms with E-state index >= 15 is 0 Å². The number of carbonyl (C=O) groups is 2. The summed E-state index contributed by atoms with van der Waals surface area (Å²) in [7, 11) is 3.19. The number of methoxy groups -OCH3 is 1. The van der Waals surface area contributed by atoms with Crippen molar-refractivity contribution in [3.05, 3.63) is 0 Å². The van der Waals surface area contributed by atoms with Crippen molar-refractivity contribution in [1.82, 2.24) is 10.2 Å². The summed E-state index contributed by atoms with van der Waals surface area (Å²) < 4.78 is 4.57. The topological polar surface area (TPSA) is 58.6 Å². The molecule has 1 N–H and O–H groups in total. The lowest BCUT2D eigenvalue weighted by Gasteiger charge is -2.18. The first-order chi connectivity index (χ1) is 9.35. The first-order valence-corrected chi connectivity index (χ1v) is 7.39. The van der Waals surface area contributed by atoms with Crippen LogP contribution in [0.1, 0.15) is 46.5 Å². The van der Waals surface area contributed by atoms with Gasteiger partial charge in [-0.15, -0.1) is 0 Å². The molecular weight excluding hydrogens is 256 g/mol. The van der Waals surface area contributed by atoms with Crippen LogP contribution in [-0.2, 0) is 14.3 Å². The molecule has 0 fully saturated rings. The van der Waals surface area contributed by atoms with Gasteiger partial charge in [0.1, 0.15) is 0 Å². The Morgan fingerprint density at radius 2 is 1.85 bits per heavy atom. The van der Waals surface area contributed by atoms with Crippen LogP contribution in [0.4, 0.5) is 0 Å². The molecule has 0 heterocycles. The van der Waals surface area contributed by atoms with Crippen LogP contribution in [0.5, 0.6) is 0 Å². The summed E-state index contributed by atoms with van der Waals surface area (Å²) in [6, 6.07) is 0.204. The van der Waals surface area contributed by atoms with Crippen LogP contribution in [0.25, 0.3) is 0 Å². The molecular formula is C15H30N2O3. The highest BCUT2D eigenvalue weighted by Gasteiger charge is 2.11. The third-order valence-electron chi connectivity index (χ3n) is 3.16. The van der Waals surface area contributed by atoms with Crippen LogP contribution in [0.15, 0.2) is 0 Å². The Bertz CT molecular complexity index is 293. The predicted molar refractivity (Wildman–Crippen MR) is 80.4 cm³/mol. The van der Waals surface area contributed by atoms with E-state index in [1.807, 2.05) is 18.9 Å². The lowest BCUT2D eigenvalue weighted by atomic mass is 10.0. The van der Waals surface area contributed by atoms with Crippen LogP contribution in [0.3, 0.4) is 0 Å². The standard InChI is InChI=1S/C15H30N2O3/c1-12(2)7-6-8-13(3)16-14(18)11-17(4)10-9-15(19)20-5/h12-13H,6-11H2,1-5H3,(H,16,18). The highest BCUT2D eigenvalue weighted by atomic mass is 16.5. The number of carbonyl (C=O) groups excluding carboxylic acids is 2. The van der Waals surface area contributed by atoms with Crippen molar-refractivity contribution in [1.29, 1.82) is 0 Å². The van der Waals surface area contributed by atoms with Crippen LogP contribution in [0.2, 0.25) is 0 Å². The molecule has 0 aliphatic carbocycles. The number of amides is 1. The Morgan fingerprint density at radius 3 is 2.40 bits per heavy atom. The van der Waals surface area contributed by atoms with E-state index in [0.29, 0.717) is 25.4 Å². The Balaban J connectivity index is 3.77. The third-order valence-corrected chi connectivity index (χ3v) is 3.16. The molecule has 0 bridgehead atoms. The van der Waals surface area contributed by atoms with E-state index in [2.05, 4.69) is 23.9 Å². The van der Waals surface area contributed by atoms with Gasteiger partial charge in [-0.1, -0.05) is 26.7 Å². The Kier molecular flexibility index (Phi) is 10.1. The minimum Gasteiger partial charge on any atom is -0.469 e. The van der Waals surface area contributed by atoms with Gasteiger partial charge in [0.2, 0.25) is 5.91 Å². The maximum absolute atomic E-state index is 11.8. The van der Waals surface area contributed by atoms with Crippen molar-refractivity contribution < 1.29 is 14.3 Å². The highest BCUT2D eigenvalue weighted by Crippen LogP contribution is 2.08. The van der Waals surface area contributed by atoms with Crippen LogP contribution in [-0.4, -0.2) is 50.1 Å². The van der Waals surface area contributed by atoms with Gasteiger partial charge in [-0.3, -0.25) is 14.5 Å². The maximum Gasteiger partial charge on any atom is 0.306 e. The zero-order chi connectivity index (χ0) is 15.5. The average Bonchev–Trinajstić information content (AvgIpc) is 2.35. The molecule has 0 rings (SSSR count). The molecule has 1 atom stereocenters. The van der Waals surface area contributed by atoms with Crippen LogP contribution >= 0.6 is 0 Å². The molecule has 5 nitrogen and oxygen atoms in total. The Morgan fingerprint density at radius 1 is 1.20 bits per heavy atom. The summed E-state index contributed by atoms with van der Waals surface area (Å²) in [6.45, 7) is 7.29. The van der Waals surface area contributed by atoms with Gasteiger partial charge in [0.15, 0.2) is 0 Å². The molecule has 0 aliphatic rings. The van der Waals surface area contributed by atoms with Gasteiger partial charge < -0.3 is 10.1 Å². The number of esters is 1. The fourth-order valence-electron chi connectivity index (χ4n) is 1.93. The van der Waals surface area contributed by atoms with Gasteiger partial charge in [0, 0.05) is 12.6 Å². The number of nitrogens with zero attached hydrogens (tertiary/aromatic N) is 1. The lowest BCUT2D eigenvalue weighted by molar-refractivity contribution is -0.141. The van der Waals surface area contributed by atoms with Crippen molar-refractivity contribution in [3.8, 4) is 0 Å². The van der Waals surface area contributed by atoms with Gasteiger partial charge in [-0.2, -0.15) is 0 Å². The van der Waals surface area contributed by atoms with Crippen molar-refractivity contribution in [2.24, 2.45) is 5.92 Å². The summed E-state index contributed by atoms with van der Waals surface area (Å²) in [5.41, 5.74) is 0. The van der Waals surface area contributed by atoms with Gasteiger partial charge in [0.05, 0.1) is 20.1 Å². The summed E-state index contributed by atoms with van der Waals surface area (Å²) >= 11 is 0. The number of ether oxygens (including phenoxy) is 1. The van der Waals surface area contributed by atoms with Gasteiger partial charge in [0.25, 0.3) is 0 Å². The lowest BCUT2D eigenvalue weighted by Crippen LogP contribution is -2.40. The van der Waals surface area contributed by atoms with E-state index in [4.69, 9.17) is 0 Å². The van der Waals surface area contributed by atoms with Gasteiger partial charge in [-0.25, -0.2) is 0 Å². The molecule has 1 unspecified atom stereocenters. The van der Waals surface area contributed by atoms with E-state index in [1.54, 1.807) is 0 Å². The zero-order valence-corrected chi connectivity index (χ0v) is 13.6. The predicted octanol–water partition coefficient (Wildman–Crippen LogP) is 1.81. The largest absolute Gasteiger partial charge is 0.469 e. The fourth-order valence-corrected chi connectivity index (χ4v) is 1.93. The molecule has 1 amide bonds. The minimum atomic E-state index is -0.251. The van der Waals surface area contributed by atoms with E-state index in [1.165, 1.54) is 13.5 Å². The first-order valence-electron chi connectivity index (χ1n) is 7.39. The van der Waals surface area contributed by atoms with Crippen molar-refractivity contribution in [2.75, 3.05) is 27.2 Å². The molecule has 0 spiro atoms.